The van der Waals surface area contributed by atoms with Gasteiger partial charge < -0.3 is 5.32 Å². The van der Waals surface area contributed by atoms with Gasteiger partial charge in [-0.3, -0.25) is 9.79 Å². The predicted molar refractivity (Wildman–Crippen MR) is 129 cm³/mol. The lowest BCUT2D eigenvalue weighted by Gasteiger charge is -2.10. The molecular weight excluding hydrogens is 429 g/mol. The summed E-state index contributed by atoms with van der Waals surface area (Å²) >= 11 is 2.96. The molecule has 0 radical (unpaired) electrons. The largest absolute Gasteiger partial charge is 0.325 e. The number of fused-ring (bicyclic) bond motifs is 1. The van der Waals surface area contributed by atoms with Gasteiger partial charge in [0.05, 0.1) is 21.7 Å². The molecule has 4 aromatic rings. The van der Waals surface area contributed by atoms with Crippen LogP contribution in [0.25, 0.3) is 10.2 Å². The second kappa shape index (κ2) is 9.41. The Morgan fingerprint density at radius 2 is 1.87 bits per heavy atom. The van der Waals surface area contributed by atoms with Crippen LogP contribution in [0.15, 0.2) is 70.0 Å². The van der Waals surface area contributed by atoms with E-state index in [1.807, 2.05) is 50.2 Å². The zero-order valence-corrected chi connectivity index (χ0v) is 18.7. The molecule has 1 amide bonds. The first kappa shape index (κ1) is 21.2. The number of aryl methyl sites for hydroxylation is 2. The molecule has 7 heteroatoms. The predicted octanol–water partition coefficient (Wildman–Crippen LogP) is 6.53. The zero-order chi connectivity index (χ0) is 21.8. The van der Waals surface area contributed by atoms with Crippen LogP contribution in [-0.4, -0.2) is 22.9 Å². The molecule has 0 aliphatic carbocycles. The van der Waals surface area contributed by atoms with E-state index in [1.54, 1.807) is 18.3 Å². The van der Waals surface area contributed by atoms with Gasteiger partial charge in [0, 0.05) is 11.9 Å². The number of thiazole rings is 1. The maximum absolute atomic E-state index is 13.0. The van der Waals surface area contributed by atoms with Crippen molar-refractivity contribution in [3.05, 3.63) is 83.2 Å². The summed E-state index contributed by atoms with van der Waals surface area (Å²) in [6, 6.07) is 17.9. The number of anilines is 1. The molecule has 0 unspecified atom stereocenters. The second-order valence-corrected chi connectivity index (χ2v) is 9.30. The monoisotopic (exact) mass is 449 g/mol. The molecule has 0 bridgehead atoms. The third-order valence-corrected chi connectivity index (χ3v) is 6.82. The number of carbonyl (C=O) groups is 1. The molecule has 1 heterocycles. The lowest BCUT2D eigenvalue weighted by Crippen LogP contribution is -2.15. The summed E-state index contributed by atoms with van der Waals surface area (Å²) < 4.78 is 14.9. The van der Waals surface area contributed by atoms with Gasteiger partial charge in [-0.05, 0) is 60.9 Å². The van der Waals surface area contributed by atoms with Crippen LogP contribution in [-0.2, 0) is 4.79 Å². The van der Waals surface area contributed by atoms with Crippen LogP contribution in [0.4, 0.5) is 15.8 Å². The zero-order valence-electron chi connectivity index (χ0n) is 17.1. The summed E-state index contributed by atoms with van der Waals surface area (Å²) in [5, 5.41) is 3.00. The first-order valence-corrected chi connectivity index (χ1v) is 11.5. The molecule has 1 N–H and O–H groups in total. The summed E-state index contributed by atoms with van der Waals surface area (Å²) in [6.07, 6.45) is 1.70. The number of amides is 1. The second-order valence-electron chi connectivity index (χ2n) is 7.05. The van der Waals surface area contributed by atoms with Gasteiger partial charge in [-0.25, -0.2) is 9.37 Å². The summed E-state index contributed by atoms with van der Waals surface area (Å²) in [5.74, 6) is -0.0226. The van der Waals surface area contributed by atoms with Gasteiger partial charge >= 0.3 is 0 Å². The van der Waals surface area contributed by atoms with Gasteiger partial charge in [-0.1, -0.05) is 42.1 Å². The third-order valence-electron chi connectivity index (χ3n) is 4.66. The average molecular weight is 450 g/mol. The van der Waals surface area contributed by atoms with Gasteiger partial charge in [-0.15, -0.1) is 11.3 Å². The number of hydrogen-bond acceptors (Lipinski definition) is 5. The van der Waals surface area contributed by atoms with Gasteiger partial charge in [-0.2, -0.15) is 0 Å². The van der Waals surface area contributed by atoms with Crippen LogP contribution in [0.5, 0.6) is 0 Å². The highest BCUT2D eigenvalue weighted by Gasteiger charge is 2.11. The van der Waals surface area contributed by atoms with Crippen molar-refractivity contribution in [1.29, 1.82) is 0 Å². The number of aliphatic imine (C=N–C) groups is 1. The van der Waals surface area contributed by atoms with Crippen LogP contribution in [0, 0.1) is 19.7 Å². The number of thioether (sulfide) groups is 1. The number of para-hydroxylation sites is 1. The first-order chi connectivity index (χ1) is 15.0. The number of nitrogens with zero attached hydrogens (tertiary/aromatic N) is 2. The Hall–Kier alpha value is -3.03. The van der Waals surface area contributed by atoms with Gasteiger partial charge in [0.25, 0.3) is 0 Å². The fraction of sp³-hybridized carbons (Fsp3) is 0.125. The number of aromatic nitrogens is 1. The Bertz CT molecular complexity index is 1250. The lowest BCUT2D eigenvalue weighted by atomic mass is 10.1. The minimum atomic E-state index is -0.268. The van der Waals surface area contributed by atoms with E-state index in [4.69, 9.17) is 0 Å². The van der Waals surface area contributed by atoms with Gasteiger partial charge in [0.15, 0.2) is 4.34 Å². The summed E-state index contributed by atoms with van der Waals surface area (Å²) in [6.45, 7) is 3.97. The Kier molecular flexibility index (Phi) is 6.44. The fourth-order valence-electron chi connectivity index (χ4n) is 3.05. The molecule has 0 fully saturated rings. The number of carbonyl (C=O) groups excluding carboxylic acids is 1. The number of nitrogens with one attached hydrogen (secondary N) is 1. The molecular formula is C24H20FN3OS2. The SMILES string of the molecule is Cc1cccc(C)c1NC(=O)CSc1nc2ccc(N=Cc3ccc(F)cc3)cc2s1. The van der Waals surface area contributed by atoms with Crippen LogP contribution in [0.3, 0.4) is 0 Å². The van der Waals surface area contributed by atoms with Crippen molar-refractivity contribution in [2.24, 2.45) is 4.99 Å². The molecule has 4 rings (SSSR count). The summed E-state index contributed by atoms with van der Waals surface area (Å²) in [4.78, 5) is 21.5. The van der Waals surface area contributed by atoms with Crippen LogP contribution >= 0.6 is 23.1 Å². The van der Waals surface area contributed by atoms with Gasteiger partial charge in [0.2, 0.25) is 5.91 Å². The number of hydrogen-bond donors (Lipinski definition) is 1. The molecule has 1 aromatic heterocycles. The smallest absolute Gasteiger partial charge is 0.234 e. The van der Waals surface area contributed by atoms with Crippen molar-refractivity contribution in [3.8, 4) is 0 Å². The molecule has 0 saturated heterocycles. The van der Waals surface area contributed by atoms with Gasteiger partial charge in [0.1, 0.15) is 5.82 Å². The van der Waals surface area contributed by atoms with Crippen LogP contribution in [0.1, 0.15) is 16.7 Å². The molecule has 4 nitrogen and oxygen atoms in total. The molecule has 31 heavy (non-hydrogen) atoms. The standard InChI is InChI=1S/C24H20FN3OS2/c1-15-4-3-5-16(2)23(15)28-22(29)14-30-24-27-20-11-10-19(12-21(20)31-24)26-13-17-6-8-18(25)9-7-17/h3-13H,14H2,1-2H3,(H,28,29). The minimum absolute atomic E-state index is 0.0498. The van der Waals surface area contributed by atoms with E-state index in [1.165, 1.54) is 35.2 Å². The van der Waals surface area contributed by atoms with E-state index >= 15 is 0 Å². The number of rotatable bonds is 6. The fourth-order valence-corrected chi connectivity index (χ4v) is 4.95. The van der Waals surface area contributed by atoms with E-state index in [9.17, 15) is 9.18 Å². The van der Waals surface area contributed by atoms with E-state index in [-0.39, 0.29) is 11.7 Å². The Morgan fingerprint density at radius 1 is 1.13 bits per heavy atom. The van der Waals surface area contributed by atoms with Crippen molar-refractivity contribution >= 4 is 56.8 Å². The normalized spacial score (nSPS) is 11.3. The van der Waals surface area contributed by atoms with Crippen LogP contribution in [0.2, 0.25) is 0 Å². The quantitative estimate of drug-likeness (QED) is 0.269. The molecule has 0 spiro atoms. The van der Waals surface area contributed by atoms with E-state index in [0.717, 1.165) is 42.6 Å². The summed E-state index contributed by atoms with van der Waals surface area (Å²) in [5.41, 5.74) is 5.48. The Morgan fingerprint density at radius 3 is 2.61 bits per heavy atom. The van der Waals surface area contributed by atoms with E-state index < -0.39 is 0 Å². The highest BCUT2D eigenvalue weighted by Crippen LogP contribution is 2.32. The Balaban J connectivity index is 1.41. The molecule has 3 aromatic carbocycles. The summed E-state index contributed by atoms with van der Waals surface area (Å²) in [7, 11) is 0. The maximum Gasteiger partial charge on any atom is 0.234 e. The van der Waals surface area contributed by atoms with Crippen molar-refractivity contribution < 1.29 is 9.18 Å². The lowest BCUT2D eigenvalue weighted by molar-refractivity contribution is -0.113. The van der Waals surface area contributed by atoms with Crippen LogP contribution < -0.4 is 5.32 Å². The highest BCUT2D eigenvalue weighted by atomic mass is 32.2. The minimum Gasteiger partial charge on any atom is -0.325 e. The first-order valence-electron chi connectivity index (χ1n) is 9.67. The maximum atomic E-state index is 13.0. The molecule has 156 valence electrons. The van der Waals surface area contributed by atoms with Crippen molar-refractivity contribution in [3.63, 3.8) is 0 Å². The third kappa shape index (κ3) is 5.37. The highest BCUT2D eigenvalue weighted by molar-refractivity contribution is 8.01. The van der Waals surface area contributed by atoms with E-state index in [0.29, 0.717) is 5.75 Å². The van der Waals surface area contributed by atoms with Crippen molar-refractivity contribution in [1.82, 2.24) is 4.98 Å². The molecule has 0 atom stereocenters. The Labute approximate surface area is 188 Å². The number of halogens is 1. The average Bonchev–Trinajstić information content (AvgIpc) is 3.17. The van der Waals surface area contributed by atoms with E-state index in [2.05, 4.69) is 15.3 Å². The van der Waals surface area contributed by atoms with Crippen molar-refractivity contribution in [2.45, 2.75) is 18.2 Å². The molecule has 0 aliphatic heterocycles. The molecule has 0 aliphatic rings. The van der Waals surface area contributed by atoms with Crippen molar-refractivity contribution in [2.75, 3.05) is 11.1 Å². The number of benzene rings is 3. The molecule has 0 saturated carbocycles. The topological polar surface area (TPSA) is 54.4 Å².